The van der Waals surface area contributed by atoms with E-state index in [9.17, 15) is 4.79 Å². The number of aryl methyl sites for hydroxylation is 1. The van der Waals surface area contributed by atoms with Gasteiger partial charge in [-0.3, -0.25) is 9.78 Å². The van der Waals surface area contributed by atoms with Gasteiger partial charge in [0.1, 0.15) is 11.5 Å². The summed E-state index contributed by atoms with van der Waals surface area (Å²) in [5.74, 6) is 2.84. The van der Waals surface area contributed by atoms with Crippen LogP contribution in [0.5, 0.6) is 23.0 Å². The number of H-pyrrole nitrogens is 1. The van der Waals surface area contributed by atoms with Crippen LogP contribution < -0.4 is 14.2 Å². The fraction of sp³-hybridized carbons (Fsp3) is 0.400. The molecule has 4 aromatic rings. The molecule has 1 N–H and O–H groups in total. The van der Waals surface area contributed by atoms with Crippen LogP contribution in [-0.4, -0.2) is 60.8 Å². The topological polar surface area (TPSA) is 85.9 Å². The van der Waals surface area contributed by atoms with Crippen LogP contribution in [0.25, 0.3) is 21.8 Å². The molecular formula is C30H33N3O5. The number of pyridine rings is 1. The molecule has 38 heavy (non-hydrogen) atoms. The first kappa shape index (κ1) is 24.6. The first-order valence-corrected chi connectivity index (χ1v) is 13.2. The van der Waals surface area contributed by atoms with Crippen LogP contribution >= 0.6 is 0 Å². The Morgan fingerprint density at radius 1 is 1.08 bits per heavy atom. The largest absolute Gasteiger partial charge is 0.493 e. The van der Waals surface area contributed by atoms with Crippen molar-refractivity contribution in [1.82, 2.24) is 14.9 Å². The zero-order valence-corrected chi connectivity index (χ0v) is 21.9. The number of methoxy groups -OCH3 is 1. The molecule has 8 heteroatoms. The van der Waals surface area contributed by atoms with Gasteiger partial charge in [-0.05, 0) is 62.6 Å². The lowest BCUT2D eigenvalue weighted by molar-refractivity contribution is -0.153. The van der Waals surface area contributed by atoms with Gasteiger partial charge in [0.15, 0.2) is 11.5 Å². The van der Waals surface area contributed by atoms with Gasteiger partial charge in [0.2, 0.25) is 5.91 Å². The molecule has 2 saturated heterocycles. The van der Waals surface area contributed by atoms with Gasteiger partial charge in [0.05, 0.1) is 32.4 Å². The van der Waals surface area contributed by atoms with Gasteiger partial charge in [0, 0.05) is 59.2 Å². The molecule has 0 bridgehead atoms. The number of hydrogen-bond donors (Lipinski definition) is 1. The quantitative estimate of drug-likeness (QED) is 0.307. The molecule has 2 aromatic heterocycles. The monoisotopic (exact) mass is 515 g/mol. The van der Waals surface area contributed by atoms with E-state index in [0.29, 0.717) is 42.1 Å². The van der Waals surface area contributed by atoms with E-state index in [0.717, 1.165) is 72.4 Å². The highest BCUT2D eigenvalue weighted by Crippen LogP contribution is 2.39. The van der Waals surface area contributed by atoms with Gasteiger partial charge in [0.25, 0.3) is 0 Å². The number of nitrogens with one attached hydrogen (secondary N) is 1. The van der Waals surface area contributed by atoms with Crippen LogP contribution in [0.2, 0.25) is 0 Å². The smallest absolute Gasteiger partial charge is 0.222 e. The molecule has 4 heterocycles. The third kappa shape index (κ3) is 4.88. The molecule has 6 rings (SSSR count). The fourth-order valence-electron chi connectivity index (χ4n) is 5.41. The van der Waals surface area contributed by atoms with Crippen LogP contribution in [0.1, 0.15) is 31.4 Å². The molecule has 1 spiro atoms. The predicted octanol–water partition coefficient (Wildman–Crippen LogP) is 5.62. The Balaban J connectivity index is 1.09. The van der Waals surface area contributed by atoms with Gasteiger partial charge < -0.3 is 28.8 Å². The van der Waals surface area contributed by atoms with Crippen molar-refractivity contribution in [2.45, 2.75) is 32.6 Å². The molecule has 2 aliphatic rings. The number of aromatic nitrogens is 2. The van der Waals surface area contributed by atoms with Crippen molar-refractivity contribution in [3.8, 4) is 23.0 Å². The molecule has 198 valence electrons. The van der Waals surface area contributed by atoms with Crippen LogP contribution in [0.3, 0.4) is 0 Å². The molecular weight excluding hydrogens is 482 g/mol. The zero-order valence-electron chi connectivity index (χ0n) is 21.9. The van der Waals surface area contributed by atoms with E-state index >= 15 is 0 Å². The number of nitrogens with zero attached hydrogens (tertiary/aromatic N) is 2. The van der Waals surface area contributed by atoms with Crippen molar-refractivity contribution in [3.63, 3.8) is 0 Å². The van der Waals surface area contributed by atoms with E-state index in [1.165, 1.54) is 0 Å². The molecule has 2 fully saturated rings. The highest BCUT2D eigenvalue weighted by molar-refractivity contribution is 5.89. The van der Waals surface area contributed by atoms with Crippen LogP contribution in [0, 0.1) is 12.3 Å². The molecule has 1 amide bonds. The zero-order chi connectivity index (χ0) is 26.1. The van der Waals surface area contributed by atoms with Crippen molar-refractivity contribution in [2.75, 3.05) is 40.0 Å². The number of aromatic amines is 1. The van der Waals surface area contributed by atoms with Gasteiger partial charge in [-0.1, -0.05) is 0 Å². The van der Waals surface area contributed by atoms with Crippen molar-refractivity contribution < 1.29 is 23.7 Å². The Hall–Kier alpha value is -3.78. The molecule has 8 nitrogen and oxygen atoms in total. The lowest BCUT2D eigenvalue weighted by Gasteiger charge is -2.47. The van der Waals surface area contributed by atoms with Crippen molar-refractivity contribution >= 4 is 27.7 Å². The van der Waals surface area contributed by atoms with Crippen molar-refractivity contribution in [2.24, 2.45) is 5.41 Å². The number of likely N-dealkylation sites (tertiary alicyclic amines) is 1. The lowest BCUT2D eigenvalue weighted by atomic mass is 9.77. The van der Waals surface area contributed by atoms with E-state index in [4.69, 9.17) is 18.9 Å². The van der Waals surface area contributed by atoms with E-state index in [1.807, 2.05) is 48.2 Å². The molecule has 0 atom stereocenters. The van der Waals surface area contributed by atoms with Crippen LogP contribution in [0.4, 0.5) is 0 Å². The molecule has 0 radical (unpaired) electrons. The van der Waals surface area contributed by atoms with Crippen LogP contribution in [0.15, 0.2) is 48.7 Å². The minimum Gasteiger partial charge on any atom is -0.493 e. The number of carbonyl (C=O) groups is 1. The predicted molar refractivity (Wildman–Crippen MR) is 145 cm³/mol. The number of benzene rings is 2. The summed E-state index contributed by atoms with van der Waals surface area (Å²) < 4.78 is 23.3. The first-order chi connectivity index (χ1) is 18.5. The SMILES string of the molecule is COc1cc2c(Oc3ccc4[nH]c(C)cc4c3)ccnc2cc1OCCCC(=O)N1CCC2(CC1)COC2. The minimum absolute atomic E-state index is 0.200. The Bertz CT molecular complexity index is 1470. The van der Waals surface area contributed by atoms with Crippen molar-refractivity contribution in [3.05, 3.63) is 54.4 Å². The summed E-state index contributed by atoms with van der Waals surface area (Å²) >= 11 is 0. The third-order valence-corrected chi connectivity index (χ3v) is 7.73. The summed E-state index contributed by atoms with van der Waals surface area (Å²) in [5, 5.41) is 1.93. The number of fused-ring (bicyclic) bond motifs is 2. The summed E-state index contributed by atoms with van der Waals surface area (Å²) in [4.78, 5) is 22.5. The first-order valence-electron chi connectivity index (χ1n) is 13.2. The number of amides is 1. The highest BCUT2D eigenvalue weighted by atomic mass is 16.5. The van der Waals surface area contributed by atoms with Gasteiger partial charge in [-0.15, -0.1) is 0 Å². The fourth-order valence-corrected chi connectivity index (χ4v) is 5.41. The number of ether oxygens (including phenoxy) is 4. The standard InChI is InChI=1S/C30H33N3O5/c1-20-14-21-15-22(5-6-24(21)32-20)38-26-7-10-31-25-17-28(27(35-2)16-23(25)26)37-13-3-4-29(34)33-11-8-30(9-12-33)18-36-19-30/h5-7,10,14-17,32H,3-4,8-9,11-13,18-19H2,1-2H3. The normalized spacial score (nSPS) is 16.5. The second-order valence-corrected chi connectivity index (χ2v) is 10.5. The Morgan fingerprint density at radius 3 is 2.68 bits per heavy atom. The molecule has 0 aliphatic carbocycles. The number of piperidine rings is 1. The average molecular weight is 516 g/mol. The number of hydrogen-bond acceptors (Lipinski definition) is 6. The van der Waals surface area contributed by atoms with Crippen LogP contribution in [-0.2, 0) is 9.53 Å². The maximum atomic E-state index is 12.7. The van der Waals surface area contributed by atoms with Gasteiger partial charge in [-0.25, -0.2) is 0 Å². The Morgan fingerprint density at radius 2 is 1.92 bits per heavy atom. The lowest BCUT2D eigenvalue weighted by Crippen LogP contribution is -2.52. The average Bonchev–Trinajstić information content (AvgIpc) is 3.29. The Labute approximate surface area is 221 Å². The maximum Gasteiger partial charge on any atom is 0.222 e. The van der Waals surface area contributed by atoms with E-state index in [-0.39, 0.29) is 5.91 Å². The summed E-state index contributed by atoms with van der Waals surface area (Å²) in [7, 11) is 1.62. The summed E-state index contributed by atoms with van der Waals surface area (Å²) in [6, 6.07) is 13.7. The third-order valence-electron chi connectivity index (χ3n) is 7.73. The molecule has 2 aromatic carbocycles. The molecule has 2 aliphatic heterocycles. The van der Waals surface area contributed by atoms with E-state index < -0.39 is 0 Å². The van der Waals surface area contributed by atoms with Crippen molar-refractivity contribution in [1.29, 1.82) is 0 Å². The van der Waals surface area contributed by atoms with E-state index in [2.05, 4.69) is 16.0 Å². The number of carbonyl (C=O) groups excluding carboxylic acids is 1. The maximum absolute atomic E-state index is 12.7. The van der Waals surface area contributed by atoms with E-state index in [1.54, 1.807) is 13.3 Å². The second kappa shape index (κ2) is 10.2. The summed E-state index contributed by atoms with van der Waals surface area (Å²) in [5.41, 5.74) is 3.26. The van der Waals surface area contributed by atoms with Gasteiger partial charge in [-0.2, -0.15) is 0 Å². The van der Waals surface area contributed by atoms with Gasteiger partial charge >= 0.3 is 0 Å². The highest BCUT2D eigenvalue weighted by Gasteiger charge is 2.41. The second-order valence-electron chi connectivity index (χ2n) is 10.5. The summed E-state index contributed by atoms with van der Waals surface area (Å²) in [6.45, 7) is 5.82. The Kier molecular flexibility index (Phi) is 6.57. The summed E-state index contributed by atoms with van der Waals surface area (Å²) in [6.07, 6.45) is 4.93. The number of rotatable bonds is 8. The molecule has 0 saturated carbocycles. The minimum atomic E-state index is 0.200. The molecule has 0 unspecified atom stereocenters.